The minimum atomic E-state index is 0.0456. The number of rotatable bonds is 4. The van der Waals surface area contributed by atoms with Crippen molar-refractivity contribution in [3.63, 3.8) is 0 Å². The number of nitrogens with zero attached hydrogens (tertiary/aromatic N) is 3. The minimum Gasteiger partial charge on any atom is -0.360 e. The highest BCUT2D eigenvalue weighted by molar-refractivity contribution is 5.92. The van der Waals surface area contributed by atoms with Crippen LogP contribution in [0.4, 0.5) is 0 Å². The summed E-state index contributed by atoms with van der Waals surface area (Å²) in [6.07, 6.45) is 5.80. The Labute approximate surface area is 160 Å². The molecule has 5 rings (SSSR count). The zero-order chi connectivity index (χ0) is 18.2. The molecule has 1 aliphatic carbocycles. The van der Waals surface area contributed by atoms with Crippen molar-refractivity contribution in [3.05, 3.63) is 53.4 Å². The number of carbonyl (C=O) groups excluding carboxylic acids is 1. The molecule has 3 aliphatic rings. The van der Waals surface area contributed by atoms with Crippen molar-refractivity contribution >= 4 is 5.91 Å². The molecule has 142 valence electrons. The van der Waals surface area contributed by atoms with E-state index in [0.29, 0.717) is 23.6 Å². The topological polar surface area (TPSA) is 49.6 Å². The first-order valence-electron chi connectivity index (χ1n) is 10.3. The first kappa shape index (κ1) is 17.0. The van der Waals surface area contributed by atoms with Gasteiger partial charge in [0.05, 0.1) is 0 Å². The van der Waals surface area contributed by atoms with E-state index in [4.69, 9.17) is 4.52 Å². The molecule has 0 N–H and O–H groups in total. The highest BCUT2D eigenvalue weighted by Crippen LogP contribution is 2.40. The summed E-state index contributed by atoms with van der Waals surface area (Å²) >= 11 is 0. The maximum absolute atomic E-state index is 12.9. The maximum Gasteiger partial charge on any atom is 0.276 e. The molecule has 3 heterocycles. The van der Waals surface area contributed by atoms with Gasteiger partial charge in [-0.3, -0.25) is 9.69 Å². The molecule has 2 saturated heterocycles. The zero-order valence-electron chi connectivity index (χ0n) is 15.7. The van der Waals surface area contributed by atoms with Crippen molar-refractivity contribution in [1.82, 2.24) is 15.0 Å². The number of hydrogen-bond donors (Lipinski definition) is 0. The van der Waals surface area contributed by atoms with Crippen LogP contribution in [-0.4, -0.2) is 46.5 Å². The molecule has 27 heavy (non-hydrogen) atoms. The van der Waals surface area contributed by atoms with Crippen LogP contribution in [-0.2, 0) is 6.54 Å². The average Bonchev–Trinajstić information content (AvgIpc) is 3.45. The largest absolute Gasteiger partial charge is 0.360 e. The number of likely N-dealkylation sites (tertiary alicyclic amines) is 2. The summed E-state index contributed by atoms with van der Waals surface area (Å²) in [6, 6.07) is 13.2. The van der Waals surface area contributed by atoms with Crippen LogP contribution >= 0.6 is 0 Å². The first-order chi connectivity index (χ1) is 13.3. The molecule has 0 bridgehead atoms. The summed E-state index contributed by atoms with van der Waals surface area (Å²) in [5.41, 5.74) is 1.87. The van der Waals surface area contributed by atoms with Gasteiger partial charge in [-0.25, -0.2) is 0 Å². The van der Waals surface area contributed by atoms with Crippen LogP contribution < -0.4 is 0 Å². The summed E-state index contributed by atoms with van der Waals surface area (Å²) in [5.74, 6) is 1.99. The predicted molar refractivity (Wildman–Crippen MR) is 102 cm³/mol. The lowest BCUT2D eigenvalue weighted by atomic mass is 9.83. The van der Waals surface area contributed by atoms with Crippen molar-refractivity contribution in [1.29, 1.82) is 0 Å². The lowest BCUT2D eigenvalue weighted by molar-refractivity contribution is 0.0170. The van der Waals surface area contributed by atoms with Gasteiger partial charge >= 0.3 is 0 Å². The Balaban J connectivity index is 1.24. The summed E-state index contributed by atoms with van der Waals surface area (Å²) in [4.78, 5) is 17.5. The van der Waals surface area contributed by atoms with E-state index >= 15 is 0 Å². The smallest absolute Gasteiger partial charge is 0.276 e. The second-order valence-corrected chi connectivity index (χ2v) is 8.35. The van der Waals surface area contributed by atoms with Crippen LogP contribution in [0.25, 0.3) is 0 Å². The summed E-state index contributed by atoms with van der Waals surface area (Å²) in [7, 11) is 0. The van der Waals surface area contributed by atoms with Gasteiger partial charge in [-0.05, 0) is 50.1 Å². The van der Waals surface area contributed by atoms with Crippen molar-refractivity contribution < 1.29 is 9.32 Å². The van der Waals surface area contributed by atoms with Gasteiger partial charge in [-0.15, -0.1) is 0 Å². The third kappa shape index (κ3) is 3.53. The van der Waals surface area contributed by atoms with Crippen LogP contribution in [0.1, 0.15) is 59.8 Å². The Morgan fingerprint density at radius 1 is 1.11 bits per heavy atom. The van der Waals surface area contributed by atoms with Crippen molar-refractivity contribution in [2.75, 3.05) is 19.6 Å². The van der Waals surface area contributed by atoms with Crippen LogP contribution in [0, 0.1) is 5.92 Å². The SMILES string of the molecule is O=C(c1cc(C2CC2)on1)N1CC[C@H]2[C@H](CCCN2Cc2ccccc2)C1. The fraction of sp³-hybridized carbons (Fsp3) is 0.545. The average molecular weight is 365 g/mol. The zero-order valence-corrected chi connectivity index (χ0v) is 15.7. The third-order valence-electron chi connectivity index (χ3n) is 6.43. The van der Waals surface area contributed by atoms with Crippen LogP contribution in [0.2, 0.25) is 0 Å². The number of hydrogen-bond acceptors (Lipinski definition) is 4. The van der Waals surface area contributed by atoms with Crippen LogP contribution in [0.5, 0.6) is 0 Å². The van der Waals surface area contributed by atoms with Crippen LogP contribution in [0.15, 0.2) is 40.9 Å². The van der Waals surface area contributed by atoms with E-state index in [0.717, 1.165) is 51.2 Å². The van der Waals surface area contributed by atoms with Crippen molar-refractivity contribution in [3.8, 4) is 0 Å². The summed E-state index contributed by atoms with van der Waals surface area (Å²) < 4.78 is 5.38. The molecule has 5 nitrogen and oxygen atoms in total. The molecule has 0 spiro atoms. The van der Waals surface area contributed by atoms with E-state index in [1.807, 2.05) is 11.0 Å². The van der Waals surface area contributed by atoms with Gasteiger partial charge in [0, 0.05) is 37.7 Å². The molecule has 0 radical (unpaired) electrons. The lowest BCUT2D eigenvalue weighted by Gasteiger charge is -2.47. The number of aromatic nitrogens is 1. The normalized spacial score (nSPS) is 26.0. The van der Waals surface area contributed by atoms with Crippen LogP contribution in [0.3, 0.4) is 0 Å². The summed E-state index contributed by atoms with van der Waals surface area (Å²) in [5, 5.41) is 4.05. The van der Waals surface area contributed by atoms with Crippen molar-refractivity contribution in [2.45, 2.75) is 50.6 Å². The molecule has 1 aromatic carbocycles. The second-order valence-electron chi connectivity index (χ2n) is 8.35. The Morgan fingerprint density at radius 2 is 1.96 bits per heavy atom. The van der Waals surface area contributed by atoms with Gasteiger partial charge in [0.25, 0.3) is 5.91 Å². The van der Waals surface area contributed by atoms with E-state index in [1.165, 1.54) is 18.4 Å². The Morgan fingerprint density at radius 3 is 2.78 bits per heavy atom. The molecule has 2 atom stereocenters. The molecule has 1 amide bonds. The minimum absolute atomic E-state index is 0.0456. The van der Waals surface area contributed by atoms with E-state index in [9.17, 15) is 4.79 Å². The van der Waals surface area contributed by atoms with E-state index < -0.39 is 0 Å². The summed E-state index contributed by atoms with van der Waals surface area (Å²) in [6.45, 7) is 3.85. The molecule has 5 heteroatoms. The Hall–Kier alpha value is -2.14. The van der Waals surface area contributed by atoms with Gasteiger partial charge in [-0.2, -0.15) is 0 Å². The highest BCUT2D eigenvalue weighted by Gasteiger charge is 2.38. The molecule has 1 saturated carbocycles. The van der Waals surface area contributed by atoms with Gasteiger partial charge < -0.3 is 9.42 Å². The van der Waals surface area contributed by atoms with Gasteiger partial charge in [0.15, 0.2) is 5.69 Å². The molecule has 2 aromatic rings. The molecule has 2 aliphatic heterocycles. The number of amides is 1. The quantitative estimate of drug-likeness (QED) is 0.829. The molecule has 0 unspecified atom stereocenters. The fourth-order valence-electron chi connectivity index (χ4n) is 4.82. The Bertz CT molecular complexity index is 799. The number of fused-ring (bicyclic) bond motifs is 1. The molecular weight excluding hydrogens is 338 g/mol. The van der Waals surface area contributed by atoms with Gasteiger partial charge in [0.1, 0.15) is 5.76 Å². The molecule has 1 aromatic heterocycles. The number of carbonyl (C=O) groups is 1. The van der Waals surface area contributed by atoms with E-state index in [-0.39, 0.29) is 5.91 Å². The highest BCUT2D eigenvalue weighted by atomic mass is 16.5. The van der Waals surface area contributed by atoms with E-state index in [1.54, 1.807) is 0 Å². The lowest BCUT2D eigenvalue weighted by Crippen LogP contribution is -2.54. The molecular formula is C22H27N3O2. The third-order valence-corrected chi connectivity index (χ3v) is 6.43. The van der Waals surface area contributed by atoms with Crippen molar-refractivity contribution in [2.24, 2.45) is 5.92 Å². The monoisotopic (exact) mass is 365 g/mol. The Kier molecular flexibility index (Phi) is 4.48. The second kappa shape index (κ2) is 7.12. The molecule has 3 fully saturated rings. The standard InChI is InChI=1S/C22H27N3O2/c26-22(19-13-21(27-23-19)17-8-9-17)25-12-10-20-18(15-25)7-4-11-24(20)14-16-5-2-1-3-6-16/h1-3,5-6,13,17-18,20H,4,7-12,14-15H2/t18-,20+/m1/s1. The fourth-order valence-corrected chi connectivity index (χ4v) is 4.82. The first-order valence-corrected chi connectivity index (χ1v) is 10.3. The predicted octanol–water partition coefficient (Wildman–Crippen LogP) is 3.68. The van der Waals surface area contributed by atoms with Gasteiger partial charge in [0.2, 0.25) is 0 Å². The maximum atomic E-state index is 12.9. The number of piperidine rings is 2. The number of benzene rings is 1. The van der Waals surface area contributed by atoms with Gasteiger partial charge in [-0.1, -0.05) is 35.5 Å². The van der Waals surface area contributed by atoms with E-state index in [2.05, 4.69) is 40.4 Å².